The highest BCUT2D eigenvalue weighted by atomic mass is 16.7. The van der Waals surface area contributed by atoms with Gasteiger partial charge in [0.25, 0.3) is 0 Å². The van der Waals surface area contributed by atoms with Crippen molar-refractivity contribution in [1.29, 1.82) is 0 Å². The van der Waals surface area contributed by atoms with Crippen molar-refractivity contribution in [2.24, 2.45) is 10.8 Å². The average Bonchev–Trinajstić information content (AvgIpc) is 2.27. The maximum atomic E-state index is 5.92. The quantitative estimate of drug-likeness (QED) is 0.688. The van der Waals surface area contributed by atoms with Crippen LogP contribution in [-0.2, 0) is 9.47 Å². The first-order valence-corrected chi connectivity index (χ1v) is 7.08. The lowest BCUT2D eigenvalue weighted by molar-refractivity contribution is -0.178. The fourth-order valence-electron chi connectivity index (χ4n) is 2.63. The largest absolute Gasteiger partial charge is 0.353 e. The molecule has 17 heavy (non-hydrogen) atoms. The summed E-state index contributed by atoms with van der Waals surface area (Å²) in [5, 5.41) is 0. The third kappa shape index (κ3) is 5.87. The van der Waals surface area contributed by atoms with E-state index >= 15 is 0 Å². The molecule has 1 aliphatic heterocycles. The van der Waals surface area contributed by atoms with Crippen LogP contribution in [0.15, 0.2) is 0 Å². The van der Waals surface area contributed by atoms with Crippen LogP contribution >= 0.6 is 0 Å². The molecular weight excluding hydrogens is 212 g/mol. The van der Waals surface area contributed by atoms with Gasteiger partial charge >= 0.3 is 0 Å². The normalized spacial score (nSPS) is 22.8. The Bertz CT molecular complexity index is 215. The van der Waals surface area contributed by atoms with Crippen LogP contribution in [-0.4, -0.2) is 19.5 Å². The second-order valence-electron chi connectivity index (χ2n) is 6.97. The lowest BCUT2D eigenvalue weighted by atomic mass is 9.74. The van der Waals surface area contributed by atoms with E-state index in [-0.39, 0.29) is 11.7 Å². The monoisotopic (exact) mass is 242 g/mol. The first-order valence-electron chi connectivity index (χ1n) is 7.08. The van der Waals surface area contributed by atoms with Gasteiger partial charge in [-0.05, 0) is 36.5 Å². The molecule has 1 atom stereocenters. The molecule has 0 saturated carbocycles. The van der Waals surface area contributed by atoms with E-state index in [9.17, 15) is 0 Å². The lowest BCUT2D eigenvalue weighted by Crippen LogP contribution is -2.31. The Morgan fingerprint density at radius 2 is 1.82 bits per heavy atom. The van der Waals surface area contributed by atoms with Crippen LogP contribution in [0.25, 0.3) is 0 Å². The molecule has 0 aromatic rings. The predicted octanol–water partition coefficient (Wildman–Crippen LogP) is 4.38. The highest BCUT2D eigenvalue weighted by molar-refractivity contribution is 4.78. The molecule has 2 heteroatoms. The molecule has 0 aromatic carbocycles. The van der Waals surface area contributed by atoms with Crippen LogP contribution in [0.4, 0.5) is 0 Å². The molecule has 0 aromatic heterocycles. The van der Waals surface area contributed by atoms with E-state index in [4.69, 9.17) is 9.47 Å². The van der Waals surface area contributed by atoms with E-state index in [0.29, 0.717) is 5.41 Å². The summed E-state index contributed by atoms with van der Waals surface area (Å²) in [6.07, 6.45) is 5.96. The highest BCUT2D eigenvalue weighted by Crippen LogP contribution is 2.36. The Morgan fingerprint density at radius 3 is 2.35 bits per heavy atom. The summed E-state index contributed by atoms with van der Waals surface area (Å²) in [5.74, 6) is 0. The van der Waals surface area contributed by atoms with E-state index in [1.165, 1.54) is 25.7 Å². The number of rotatable bonds is 6. The van der Waals surface area contributed by atoms with Crippen molar-refractivity contribution in [2.75, 3.05) is 13.2 Å². The highest BCUT2D eigenvalue weighted by Gasteiger charge is 2.29. The molecule has 1 rings (SSSR count). The average molecular weight is 242 g/mol. The molecule has 0 amide bonds. The second kappa shape index (κ2) is 6.19. The summed E-state index contributed by atoms with van der Waals surface area (Å²) in [4.78, 5) is 0. The summed E-state index contributed by atoms with van der Waals surface area (Å²) < 4.78 is 11.5. The molecule has 0 N–H and O–H groups in total. The van der Waals surface area contributed by atoms with Crippen molar-refractivity contribution >= 4 is 0 Å². The van der Waals surface area contributed by atoms with Gasteiger partial charge in [0.05, 0.1) is 6.61 Å². The molecule has 1 unspecified atom stereocenters. The van der Waals surface area contributed by atoms with Gasteiger partial charge in [-0.25, -0.2) is 0 Å². The van der Waals surface area contributed by atoms with Crippen LogP contribution < -0.4 is 0 Å². The molecule has 0 bridgehead atoms. The Balaban J connectivity index is 2.32. The SMILES string of the molecule is CCC(C)(C)CC(C)(C)COC1CCCCO1. The van der Waals surface area contributed by atoms with Crippen molar-refractivity contribution in [3.05, 3.63) is 0 Å². The van der Waals surface area contributed by atoms with E-state index in [1.807, 2.05) is 0 Å². The van der Waals surface area contributed by atoms with Gasteiger partial charge in [-0.2, -0.15) is 0 Å². The molecular formula is C15H30O2. The van der Waals surface area contributed by atoms with Gasteiger partial charge < -0.3 is 9.47 Å². The Kier molecular flexibility index (Phi) is 5.46. The Hall–Kier alpha value is -0.0800. The minimum absolute atomic E-state index is 0.0489. The molecule has 0 spiro atoms. The summed E-state index contributed by atoms with van der Waals surface area (Å²) >= 11 is 0. The van der Waals surface area contributed by atoms with Gasteiger partial charge in [0.2, 0.25) is 0 Å². The molecule has 1 aliphatic rings. The van der Waals surface area contributed by atoms with Gasteiger partial charge in [0.15, 0.2) is 6.29 Å². The topological polar surface area (TPSA) is 18.5 Å². The summed E-state index contributed by atoms with van der Waals surface area (Å²) in [6, 6.07) is 0. The van der Waals surface area contributed by atoms with Crippen molar-refractivity contribution in [3.63, 3.8) is 0 Å². The van der Waals surface area contributed by atoms with Crippen LogP contribution in [0, 0.1) is 10.8 Å². The zero-order valence-electron chi connectivity index (χ0n) is 12.3. The van der Waals surface area contributed by atoms with Gasteiger partial charge in [-0.1, -0.05) is 41.0 Å². The van der Waals surface area contributed by atoms with Crippen molar-refractivity contribution in [1.82, 2.24) is 0 Å². The van der Waals surface area contributed by atoms with Gasteiger partial charge in [0.1, 0.15) is 0 Å². The number of ether oxygens (including phenoxy) is 2. The summed E-state index contributed by atoms with van der Waals surface area (Å²) in [7, 11) is 0. The zero-order valence-corrected chi connectivity index (χ0v) is 12.3. The third-order valence-electron chi connectivity index (χ3n) is 3.71. The van der Waals surface area contributed by atoms with Crippen molar-refractivity contribution < 1.29 is 9.47 Å². The molecule has 0 radical (unpaired) electrons. The van der Waals surface area contributed by atoms with Gasteiger partial charge in [-0.15, -0.1) is 0 Å². The third-order valence-corrected chi connectivity index (χ3v) is 3.71. The first-order chi connectivity index (χ1) is 7.85. The molecule has 1 fully saturated rings. The van der Waals surface area contributed by atoms with E-state index in [0.717, 1.165) is 19.6 Å². The van der Waals surface area contributed by atoms with Crippen molar-refractivity contribution in [2.45, 2.75) is 73.0 Å². The fraction of sp³-hybridized carbons (Fsp3) is 1.00. The second-order valence-corrected chi connectivity index (χ2v) is 6.97. The molecule has 1 heterocycles. The maximum Gasteiger partial charge on any atom is 0.157 e. The minimum Gasteiger partial charge on any atom is -0.353 e. The number of hydrogen-bond donors (Lipinski definition) is 0. The standard InChI is InChI=1S/C15H30O2/c1-6-14(2,3)11-15(4,5)12-17-13-9-7-8-10-16-13/h13H,6-12H2,1-5H3. The minimum atomic E-state index is 0.0489. The molecule has 102 valence electrons. The zero-order chi connectivity index (χ0) is 12.9. The van der Waals surface area contributed by atoms with Gasteiger partial charge in [0, 0.05) is 6.61 Å². The number of hydrogen-bond acceptors (Lipinski definition) is 2. The van der Waals surface area contributed by atoms with Crippen LogP contribution in [0.2, 0.25) is 0 Å². The fourth-order valence-corrected chi connectivity index (χ4v) is 2.63. The molecule has 0 aliphatic carbocycles. The lowest BCUT2D eigenvalue weighted by Gasteiger charge is -2.35. The van der Waals surface area contributed by atoms with Crippen molar-refractivity contribution in [3.8, 4) is 0 Å². The maximum absolute atomic E-state index is 5.92. The van der Waals surface area contributed by atoms with Crippen LogP contribution in [0.3, 0.4) is 0 Å². The predicted molar refractivity (Wildman–Crippen MR) is 72.0 cm³/mol. The summed E-state index contributed by atoms with van der Waals surface area (Å²) in [5.41, 5.74) is 0.639. The van der Waals surface area contributed by atoms with Crippen LogP contribution in [0.1, 0.15) is 66.7 Å². The first kappa shape index (κ1) is 15.0. The van der Waals surface area contributed by atoms with E-state index in [2.05, 4.69) is 34.6 Å². The molecule has 1 saturated heterocycles. The van der Waals surface area contributed by atoms with E-state index in [1.54, 1.807) is 0 Å². The van der Waals surface area contributed by atoms with Crippen LogP contribution in [0.5, 0.6) is 0 Å². The summed E-state index contributed by atoms with van der Waals surface area (Å²) in [6.45, 7) is 13.2. The Labute approximate surface area is 107 Å². The smallest absolute Gasteiger partial charge is 0.157 e. The van der Waals surface area contributed by atoms with Gasteiger partial charge in [-0.3, -0.25) is 0 Å². The Morgan fingerprint density at radius 1 is 1.12 bits per heavy atom. The molecule has 2 nitrogen and oxygen atoms in total. The van der Waals surface area contributed by atoms with E-state index < -0.39 is 0 Å².